The van der Waals surface area contributed by atoms with Crippen LogP contribution in [0.25, 0.3) is 0 Å². The highest BCUT2D eigenvalue weighted by Crippen LogP contribution is 2.23. The van der Waals surface area contributed by atoms with E-state index < -0.39 is 6.04 Å². The molecule has 0 aliphatic carbocycles. The van der Waals surface area contributed by atoms with E-state index in [2.05, 4.69) is 5.92 Å². The number of amides is 1. The first-order valence-electron chi connectivity index (χ1n) is 5.33. The van der Waals surface area contributed by atoms with Gasteiger partial charge in [0.15, 0.2) is 0 Å². The molecular formula is C13H14Cl2N2O. The van der Waals surface area contributed by atoms with E-state index in [9.17, 15) is 4.79 Å². The third kappa shape index (κ3) is 3.92. The smallest absolute Gasteiger partial charge is 0.240 e. The molecule has 96 valence electrons. The molecule has 1 atom stereocenters. The number of halogens is 2. The Morgan fingerprint density at radius 2 is 2.17 bits per heavy atom. The summed E-state index contributed by atoms with van der Waals surface area (Å²) in [6.07, 6.45) is 5.35. The molecule has 1 amide bonds. The largest absolute Gasteiger partial charge is 0.340 e. The van der Waals surface area contributed by atoms with Gasteiger partial charge in [-0.25, -0.2) is 0 Å². The zero-order valence-electron chi connectivity index (χ0n) is 9.99. The van der Waals surface area contributed by atoms with Crippen LogP contribution in [0.4, 0.5) is 0 Å². The van der Waals surface area contributed by atoms with Crippen molar-refractivity contribution in [2.75, 3.05) is 7.05 Å². The number of benzene rings is 1. The topological polar surface area (TPSA) is 46.3 Å². The Kier molecular flexibility index (Phi) is 5.49. The lowest BCUT2D eigenvalue weighted by Crippen LogP contribution is -2.41. The average Bonchev–Trinajstić information content (AvgIpc) is 2.33. The van der Waals surface area contributed by atoms with Gasteiger partial charge in [0.05, 0.1) is 16.1 Å². The highest BCUT2D eigenvalue weighted by molar-refractivity contribution is 6.42. The Bertz CT molecular complexity index is 482. The molecule has 0 saturated carbocycles. The second kappa shape index (κ2) is 6.65. The van der Waals surface area contributed by atoms with E-state index in [1.807, 2.05) is 6.07 Å². The van der Waals surface area contributed by atoms with E-state index in [-0.39, 0.29) is 12.3 Å². The lowest BCUT2D eigenvalue weighted by molar-refractivity contribution is -0.131. The summed E-state index contributed by atoms with van der Waals surface area (Å²) in [6, 6.07) is 4.56. The van der Waals surface area contributed by atoms with Gasteiger partial charge >= 0.3 is 0 Å². The van der Waals surface area contributed by atoms with Gasteiger partial charge in [0.25, 0.3) is 0 Å². The molecular weight excluding hydrogens is 271 g/mol. The van der Waals surface area contributed by atoms with Gasteiger partial charge in [0.2, 0.25) is 5.91 Å². The molecule has 2 N–H and O–H groups in total. The minimum Gasteiger partial charge on any atom is -0.340 e. The standard InChI is InChI=1S/C13H14Cl2N2O/c1-3-4-12(16)13(18)17(2)8-9-5-6-10(14)11(15)7-9/h1,5-7,12H,4,8,16H2,2H3. The molecule has 0 radical (unpaired) electrons. The predicted octanol–water partition coefficient (Wildman–Crippen LogP) is 2.30. The number of rotatable bonds is 4. The molecule has 0 spiro atoms. The number of nitrogens with two attached hydrogens (primary N) is 1. The number of terminal acetylenes is 1. The Morgan fingerprint density at radius 1 is 1.50 bits per heavy atom. The maximum Gasteiger partial charge on any atom is 0.240 e. The molecule has 1 aromatic carbocycles. The fourth-order valence-electron chi connectivity index (χ4n) is 1.49. The molecule has 0 bridgehead atoms. The van der Waals surface area contributed by atoms with Crippen LogP contribution in [0.1, 0.15) is 12.0 Å². The Labute approximate surface area is 117 Å². The van der Waals surface area contributed by atoms with Crippen molar-refractivity contribution in [1.29, 1.82) is 0 Å². The maximum absolute atomic E-state index is 11.8. The van der Waals surface area contributed by atoms with Crippen molar-refractivity contribution in [2.24, 2.45) is 5.73 Å². The van der Waals surface area contributed by atoms with E-state index in [1.165, 1.54) is 4.90 Å². The van der Waals surface area contributed by atoms with Crippen LogP contribution < -0.4 is 5.73 Å². The van der Waals surface area contributed by atoms with Crippen molar-refractivity contribution in [3.05, 3.63) is 33.8 Å². The summed E-state index contributed by atoms with van der Waals surface area (Å²) in [4.78, 5) is 13.4. The number of nitrogens with zero attached hydrogens (tertiary/aromatic N) is 1. The second-order valence-corrected chi connectivity index (χ2v) is 4.77. The van der Waals surface area contributed by atoms with Crippen LogP contribution >= 0.6 is 23.2 Å². The molecule has 1 aromatic rings. The zero-order chi connectivity index (χ0) is 13.7. The van der Waals surface area contributed by atoms with E-state index in [1.54, 1.807) is 19.2 Å². The normalized spacial score (nSPS) is 11.7. The van der Waals surface area contributed by atoms with Crippen LogP contribution in [0.15, 0.2) is 18.2 Å². The molecule has 0 aliphatic rings. The quantitative estimate of drug-likeness (QED) is 0.863. The summed E-state index contributed by atoms with van der Waals surface area (Å²) in [7, 11) is 1.67. The van der Waals surface area contributed by atoms with Crippen LogP contribution in [-0.2, 0) is 11.3 Å². The van der Waals surface area contributed by atoms with E-state index >= 15 is 0 Å². The van der Waals surface area contributed by atoms with Crippen molar-refractivity contribution in [3.63, 3.8) is 0 Å². The summed E-state index contributed by atoms with van der Waals surface area (Å²) < 4.78 is 0. The molecule has 3 nitrogen and oxygen atoms in total. The number of hydrogen-bond acceptors (Lipinski definition) is 2. The minimum atomic E-state index is -0.664. The first kappa shape index (κ1) is 14.8. The molecule has 1 rings (SSSR count). The summed E-state index contributed by atoms with van der Waals surface area (Å²) in [5.41, 5.74) is 6.54. The third-order valence-electron chi connectivity index (χ3n) is 2.43. The maximum atomic E-state index is 11.8. The van der Waals surface area contributed by atoms with Gasteiger partial charge in [0, 0.05) is 20.0 Å². The summed E-state index contributed by atoms with van der Waals surface area (Å²) in [5, 5.41) is 0.946. The molecule has 18 heavy (non-hydrogen) atoms. The van der Waals surface area contributed by atoms with Crippen molar-refractivity contribution in [1.82, 2.24) is 4.90 Å². The van der Waals surface area contributed by atoms with Crippen LogP contribution in [0.2, 0.25) is 10.0 Å². The number of hydrogen-bond donors (Lipinski definition) is 1. The molecule has 0 heterocycles. The Morgan fingerprint density at radius 3 is 2.72 bits per heavy atom. The number of likely N-dealkylation sites (N-methyl/N-ethyl adjacent to an activating group) is 1. The fraction of sp³-hybridized carbons (Fsp3) is 0.308. The fourth-order valence-corrected chi connectivity index (χ4v) is 1.81. The van der Waals surface area contributed by atoms with Gasteiger partial charge in [-0.05, 0) is 17.7 Å². The molecule has 5 heteroatoms. The summed E-state index contributed by atoms with van der Waals surface area (Å²) in [5.74, 6) is 2.18. The van der Waals surface area contributed by atoms with Crippen LogP contribution in [-0.4, -0.2) is 23.9 Å². The molecule has 1 unspecified atom stereocenters. The molecule has 0 saturated heterocycles. The van der Waals surface area contributed by atoms with Crippen molar-refractivity contribution in [3.8, 4) is 12.3 Å². The van der Waals surface area contributed by atoms with E-state index in [0.717, 1.165) is 5.56 Å². The predicted molar refractivity (Wildman–Crippen MR) is 74.4 cm³/mol. The first-order chi connectivity index (χ1) is 8.45. The molecule has 0 aromatic heterocycles. The van der Waals surface area contributed by atoms with Gasteiger partial charge in [-0.2, -0.15) is 0 Å². The van der Waals surface area contributed by atoms with Crippen LogP contribution in [0.3, 0.4) is 0 Å². The van der Waals surface area contributed by atoms with Gasteiger partial charge < -0.3 is 10.6 Å². The summed E-state index contributed by atoms with van der Waals surface area (Å²) in [6.45, 7) is 0.411. The SMILES string of the molecule is C#CCC(N)C(=O)N(C)Cc1ccc(Cl)c(Cl)c1. The number of carbonyl (C=O) groups is 1. The van der Waals surface area contributed by atoms with Gasteiger partial charge in [-0.1, -0.05) is 29.3 Å². The minimum absolute atomic E-state index is 0.195. The third-order valence-corrected chi connectivity index (χ3v) is 3.17. The van der Waals surface area contributed by atoms with Crippen LogP contribution in [0.5, 0.6) is 0 Å². The van der Waals surface area contributed by atoms with E-state index in [0.29, 0.717) is 16.6 Å². The summed E-state index contributed by atoms with van der Waals surface area (Å²) >= 11 is 11.7. The lowest BCUT2D eigenvalue weighted by Gasteiger charge is -2.20. The van der Waals surface area contributed by atoms with Gasteiger partial charge in [-0.15, -0.1) is 12.3 Å². The highest BCUT2D eigenvalue weighted by Gasteiger charge is 2.17. The zero-order valence-corrected chi connectivity index (χ0v) is 11.5. The van der Waals surface area contributed by atoms with Crippen LogP contribution in [0, 0.1) is 12.3 Å². The van der Waals surface area contributed by atoms with Crippen molar-refractivity contribution in [2.45, 2.75) is 19.0 Å². The Hall–Kier alpha value is -1.21. The monoisotopic (exact) mass is 284 g/mol. The molecule has 0 aliphatic heterocycles. The Balaban J connectivity index is 2.69. The first-order valence-corrected chi connectivity index (χ1v) is 6.09. The average molecular weight is 285 g/mol. The van der Waals surface area contributed by atoms with Crippen molar-refractivity contribution >= 4 is 29.1 Å². The van der Waals surface area contributed by atoms with Gasteiger partial charge in [0.1, 0.15) is 0 Å². The second-order valence-electron chi connectivity index (χ2n) is 3.96. The highest BCUT2D eigenvalue weighted by atomic mass is 35.5. The van der Waals surface area contributed by atoms with E-state index in [4.69, 9.17) is 35.4 Å². The van der Waals surface area contributed by atoms with Crippen molar-refractivity contribution < 1.29 is 4.79 Å². The molecule has 0 fully saturated rings. The van der Waals surface area contributed by atoms with Gasteiger partial charge in [-0.3, -0.25) is 4.79 Å². The lowest BCUT2D eigenvalue weighted by atomic mass is 10.1. The number of carbonyl (C=O) groups excluding carboxylic acids is 1.